The predicted molar refractivity (Wildman–Crippen MR) is 115 cm³/mol. The van der Waals surface area contributed by atoms with E-state index in [4.69, 9.17) is 16.1 Å². The largest absolute Gasteiger partial charge is 0.408 e. The number of aromatic nitrogens is 4. The molecule has 2 atom stereocenters. The van der Waals surface area contributed by atoms with Crippen molar-refractivity contribution >= 4 is 28.8 Å². The summed E-state index contributed by atoms with van der Waals surface area (Å²) in [5.74, 6) is 2.27. The summed E-state index contributed by atoms with van der Waals surface area (Å²) in [6.07, 6.45) is 7.17. The first-order valence-electron chi connectivity index (χ1n) is 10.6. The zero-order valence-corrected chi connectivity index (χ0v) is 18.7. The minimum Gasteiger partial charge on any atom is -0.358 e. The van der Waals surface area contributed by atoms with Gasteiger partial charge >= 0.3 is 5.82 Å². The Morgan fingerprint density at radius 1 is 1.35 bits per heavy atom. The minimum atomic E-state index is -0.480. The molecule has 162 valence electrons. The molecular weight excluding hydrogens is 438 g/mol. The Hall–Kier alpha value is -2.26. The summed E-state index contributed by atoms with van der Waals surface area (Å²) in [5.41, 5.74) is 0.536. The Bertz CT molecular complexity index is 1160. The monoisotopic (exact) mass is 459 g/mol. The van der Waals surface area contributed by atoms with Crippen LogP contribution in [0.4, 0.5) is 5.82 Å². The van der Waals surface area contributed by atoms with Crippen LogP contribution in [0.1, 0.15) is 50.1 Å². The molecule has 3 aromatic heterocycles. The van der Waals surface area contributed by atoms with Crippen LogP contribution in [0.3, 0.4) is 0 Å². The Balaban J connectivity index is 1.35. The lowest BCUT2D eigenvalue weighted by molar-refractivity contribution is -0.389. The van der Waals surface area contributed by atoms with Gasteiger partial charge in [0.1, 0.15) is 0 Å². The minimum absolute atomic E-state index is 0.0585. The maximum Gasteiger partial charge on any atom is 0.408 e. The second kappa shape index (κ2) is 6.62. The van der Waals surface area contributed by atoms with E-state index in [0.29, 0.717) is 29.2 Å². The molecule has 3 heterocycles. The summed E-state index contributed by atoms with van der Waals surface area (Å²) in [6, 6.07) is 3.98. The maximum atomic E-state index is 11.4. The van der Waals surface area contributed by atoms with E-state index in [1.807, 2.05) is 29.1 Å². The number of thiophene rings is 1. The van der Waals surface area contributed by atoms with E-state index in [1.54, 1.807) is 11.3 Å². The fourth-order valence-corrected chi connectivity index (χ4v) is 7.89. The van der Waals surface area contributed by atoms with E-state index in [9.17, 15) is 10.1 Å². The van der Waals surface area contributed by atoms with Crippen molar-refractivity contribution in [2.75, 3.05) is 0 Å². The molecule has 4 fully saturated rings. The van der Waals surface area contributed by atoms with E-state index >= 15 is 0 Å². The molecule has 0 N–H and O–H groups in total. The molecule has 4 bridgehead atoms. The molecule has 3 aromatic rings. The molecule has 4 aliphatic rings. The Kier molecular flexibility index (Phi) is 4.15. The zero-order valence-electron chi connectivity index (χ0n) is 17.1. The second-order valence-electron chi connectivity index (χ2n) is 9.74. The first-order valence-corrected chi connectivity index (χ1v) is 11.9. The third kappa shape index (κ3) is 2.96. The Morgan fingerprint density at radius 3 is 2.77 bits per heavy atom. The van der Waals surface area contributed by atoms with E-state index in [1.165, 1.54) is 6.42 Å². The molecule has 0 amide bonds. The van der Waals surface area contributed by atoms with E-state index < -0.39 is 4.92 Å². The molecule has 2 unspecified atom stereocenters. The molecule has 7 rings (SSSR count). The van der Waals surface area contributed by atoms with Gasteiger partial charge in [-0.1, -0.05) is 22.8 Å². The van der Waals surface area contributed by atoms with Crippen LogP contribution >= 0.6 is 22.9 Å². The van der Waals surface area contributed by atoms with Crippen LogP contribution in [0, 0.1) is 34.3 Å². The molecule has 0 radical (unpaired) electrons. The Morgan fingerprint density at radius 2 is 2.13 bits per heavy atom. The van der Waals surface area contributed by atoms with Gasteiger partial charge in [0.2, 0.25) is 11.7 Å². The molecule has 10 heteroatoms. The first-order chi connectivity index (χ1) is 14.9. The first kappa shape index (κ1) is 19.4. The molecule has 0 spiro atoms. The van der Waals surface area contributed by atoms with Gasteiger partial charge in [-0.25, -0.2) is 0 Å². The molecule has 4 saturated carbocycles. The molecule has 0 saturated heterocycles. The predicted octanol–water partition coefficient (Wildman–Crippen LogP) is 5.40. The average molecular weight is 460 g/mol. The van der Waals surface area contributed by atoms with Crippen LogP contribution in [0.25, 0.3) is 10.7 Å². The fourth-order valence-electron chi connectivity index (χ4n) is 7.06. The number of nitro groups is 1. The lowest BCUT2D eigenvalue weighted by Gasteiger charge is -2.61. The fraction of sp³-hybridized carbons (Fsp3) is 0.571. The van der Waals surface area contributed by atoms with E-state index in [0.717, 1.165) is 43.4 Å². The third-order valence-corrected chi connectivity index (χ3v) is 8.84. The van der Waals surface area contributed by atoms with Crippen molar-refractivity contribution in [3.05, 3.63) is 44.2 Å². The molecule has 0 aromatic carbocycles. The van der Waals surface area contributed by atoms with Crippen molar-refractivity contribution in [2.45, 2.75) is 57.4 Å². The van der Waals surface area contributed by atoms with Gasteiger partial charge in [-0.05, 0) is 79.1 Å². The van der Waals surface area contributed by atoms with Crippen LogP contribution in [0.5, 0.6) is 0 Å². The number of halogens is 1. The summed E-state index contributed by atoms with van der Waals surface area (Å²) < 4.78 is 7.55. The van der Waals surface area contributed by atoms with Gasteiger partial charge in [-0.3, -0.25) is 0 Å². The van der Waals surface area contributed by atoms with Crippen molar-refractivity contribution in [1.29, 1.82) is 0 Å². The molecule has 31 heavy (non-hydrogen) atoms. The highest BCUT2D eigenvalue weighted by molar-refractivity contribution is 7.13. The van der Waals surface area contributed by atoms with Crippen LogP contribution in [-0.4, -0.2) is 24.8 Å². The number of rotatable bonds is 5. The highest BCUT2D eigenvalue weighted by Crippen LogP contribution is 2.65. The number of nitrogens with zero attached hydrogens (tertiary/aromatic N) is 5. The summed E-state index contributed by atoms with van der Waals surface area (Å²) in [6.45, 7) is 1.85. The highest BCUT2D eigenvalue weighted by Gasteiger charge is 2.60. The van der Waals surface area contributed by atoms with Crippen molar-refractivity contribution in [2.24, 2.45) is 17.3 Å². The topological polar surface area (TPSA) is 99.9 Å². The van der Waals surface area contributed by atoms with Gasteiger partial charge in [0, 0.05) is 6.42 Å². The van der Waals surface area contributed by atoms with Gasteiger partial charge in [-0.2, -0.15) is 9.67 Å². The van der Waals surface area contributed by atoms with E-state index in [2.05, 4.69) is 15.2 Å². The van der Waals surface area contributed by atoms with E-state index in [-0.39, 0.29) is 21.8 Å². The van der Waals surface area contributed by atoms with Crippen molar-refractivity contribution < 1.29 is 9.45 Å². The van der Waals surface area contributed by atoms with Gasteiger partial charge in [-0.15, -0.1) is 11.3 Å². The molecule has 4 aliphatic carbocycles. The average Bonchev–Trinajstić information content (AvgIpc) is 3.42. The second-order valence-corrected chi connectivity index (χ2v) is 11.1. The maximum absolute atomic E-state index is 11.4. The zero-order chi connectivity index (χ0) is 21.4. The van der Waals surface area contributed by atoms with Gasteiger partial charge < -0.3 is 14.6 Å². The SMILES string of the molecule is Cc1c(Cl)c([N+](=O)[O-])nn1C12CC3CC(CC(Cc4nc(-c5cccs5)no4)(C3)C1)C2. The highest BCUT2D eigenvalue weighted by atomic mass is 35.5. The van der Waals surface area contributed by atoms with Crippen molar-refractivity contribution in [1.82, 2.24) is 19.9 Å². The summed E-state index contributed by atoms with van der Waals surface area (Å²) >= 11 is 7.91. The van der Waals surface area contributed by atoms with Crippen LogP contribution in [0.15, 0.2) is 22.0 Å². The van der Waals surface area contributed by atoms with Gasteiger partial charge in [0.25, 0.3) is 0 Å². The molecule has 0 aliphatic heterocycles. The lowest BCUT2D eigenvalue weighted by Crippen LogP contribution is -2.57. The van der Waals surface area contributed by atoms with Crippen molar-refractivity contribution in [3.8, 4) is 10.7 Å². The number of hydrogen-bond donors (Lipinski definition) is 0. The van der Waals surface area contributed by atoms with Crippen LogP contribution in [-0.2, 0) is 12.0 Å². The number of hydrogen-bond acceptors (Lipinski definition) is 7. The quantitative estimate of drug-likeness (QED) is 0.374. The summed E-state index contributed by atoms with van der Waals surface area (Å²) in [5, 5.41) is 22.2. The van der Waals surface area contributed by atoms with Gasteiger partial charge in [0.15, 0.2) is 5.02 Å². The third-order valence-electron chi connectivity index (χ3n) is 7.54. The lowest BCUT2D eigenvalue weighted by atomic mass is 9.46. The standard InChI is InChI=1S/C21H22ClN5O3S/c1-12-17(22)19(27(28)29)24-26(12)21-8-13-5-14(9-21)7-20(6-13,11-21)10-16-23-18(25-30-16)15-3-2-4-31-15/h2-4,13-14H,5-11H2,1H3. The van der Waals surface area contributed by atoms with Crippen LogP contribution < -0.4 is 0 Å². The smallest absolute Gasteiger partial charge is 0.358 e. The normalized spacial score (nSPS) is 31.4. The van der Waals surface area contributed by atoms with Crippen molar-refractivity contribution in [3.63, 3.8) is 0 Å². The Labute approximate surface area is 187 Å². The summed E-state index contributed by atoms with van der Waals surface area (Å²) in [4.78, 5) is 16.6. The van der Waals surface area contributed by atoms with Gasteiger partial charge in [0.05, 0.1) is 21.2 Å². The molecular formula is C21H22ClN5O3S. The molecule has 8 nitrogen and oxygen atoms in total. The summed E-state index contributed by atoms with van der Waals surface area (Å²) in [7, 11) is 0. The van der Waals surface area contributed by atoms with Crippen LogP contribution in [0.2, 0.25) is 5.02 Å².